The maximum absolute atomic E-state index is 8.58. The van der Waals surface area contributed by atoms with E-state index in [0.29, 0.717) is 0 Å². The molecule has 1 rings (SSSR count). The van der Waals surface area contributed by atoms with E-state index in [0.717, 1.165) is 5.56 Å². The van der Waals surface area contributed by atoms with Gasteiger partial charge in [-0.15, -0.1) is 0 Å². The van der Waals surface area contributed by atoms with E-state index in [2.05, 4.69) is 22.0 Å². The number of halogens is 1. The van der Waals surface area contributed by atoms with E-state index in [-0.39, 0.29) is 4.83 Å². The highest BCUT2D eigenvalue weighted by atomic mass is 79.9. The minimum Gasteiger partial charge on any atom is -0.197 e. The molecular formula is C9H8BrN. The average molecular weight is 210 g/mol. The van der Waals surface area contributed by atoms with E-state index in [1.165, 1.54) is 5.56 Å². The van der Waals surface area contributed by atoms with Gasteiger partial charge in [0, 0.05) is 0 Å². The molecule has 0 radical (unpaired) electrons. The summed E-state index contributed by atoms with van der Waals surface area (Å²) in [6.07, 6.45) is 0. The predicted molar refractivity (Wildman–Crippen MR) is 48.5 cm³/mol. The van der Waals surface area contributed by atoms with Gasteiger partial charge in [-0.2, -0.15) is 5.26 Å². The Morgan fingerprint density at radius 2 is 2.27 bits per heavy atom. The molecule has 0 amide bonds. The smallest absolute Gasteiger partial charge is 0.126 e. The summed E-state index contributed by atoms with van der Waals surface area (Å²) in [5.74, 6) is 0. The van der Waals surface area contributed by atoms with Crippen molar-refractivity contribution in [2.24, 2.45) is 0 Å². The molecule has 0 aliphatic carbocycles. The van der Waals surface area contributed by atoms with Crippen LogP contribution in [0.3, 0.4) is 0 Å². The summed E-state index contributed by atoms with van der Waals surface area (Å²) in [6, 6.07) is 10.0. The number of benzene rings is 1. The molecular weight excluding hydrogens is 202 g/mol. The molecule has 0 N–H and O–H groups in total. The lowest BCUT2D eigenvalue weighted by atomic mass is 10.1. The van der Waals surface area contributed by atoms with Crippen LogP contribution in [0.4, 0.5) is 0 Å². The lowest BCUT2D eigenvalue weighted by molar-refractivity contribution is 1.23. The van der Waals surface area contributed by atoms with Crippen molar-refractivity contribution in [2.75, 3.05) is 0 Å². The molecule has 1 unspecified atom stereocenters. The van der Waals surface area contributed by atoms with E-state index in [1.807, 2.05) is 31.2 Å². The molecule has 0 saturated heterocycles. The molecule has 1 atom stereocenters. The van der Waals surface area contributed by atoms with Gasteiger partial charge in [0.1, 0.15) is 4.83 Å². The van der Waals surface area contributed by atoms with Crippen LogP contribution in [-0.4, -0.2) is 0 Å². The lowest BCUT2D eigenvalue weighted by Gasteiger charge is -2.00. The summed E-state index contributed by atoms with van der Waals surface area (Å²) in [7, 11) is 0. The Morgan fingerprint density at radius 1 is 1.55 bits per heavy atom. The molecule has 11 heavy (non-hydrogen) atoms. The van der Waals surface area contributed by atoms with E-state index in [1.54, 1.807) is 0 Å². The molecule has 0 saturated carbocycles. The first-order valence-corrected chi connectivity index (χ1v) is 4.26. The van der Waals surface area contributed by atoms with Gasteiger partial charge >= 0.3 is 0 Å². The molecule has 0 aliphatic heterocycles. The molecule has 0 bridgehead atoms. The standard InChI is InChI=1S/C9H8BrN/c1-7-3-2-4-8(5-7)9(10)6-11/h2-5,9H,1H3. The van der Waals surface area contributed by atoms with Gasteiger partial charge in [0.05, 0.1) is 6.07 Å². The molecule has 0 heterocycles. The van der Waals surface area contributed by atoms with Crippen molar-refractivity contribution in [2.45, 2.75) is 11.8 Å². The minimum absolute atomic E-state index is 0.178. The largest absolute Gasteiger partial charge is 0.197 e. The summed E-state index contributed by atoms with van der Waals surface area (Å²) in [6.45, 7) is 2.01. The lowest BCUT2D eigenvalue weighted by Crippen LogP contribution is -1.85. The van der Waals surface area contributed by atoms with E-state index in [4.69, 9.17) is 5.26 Å². The van der Waals surface area contributed by atoms with Gasteiger partial charge in [-0.1, -0.05) is 45.8 Å². The first-order valence-electron chi connectivity index (χ1n) is 3.34. The quantitative estimate of drug-likeness (QED) is 0.653. The second-order valence-electron chi connectivity index (χ2n) is 2.41. The van der Waals surface area contributed by atoms with E-state index >= 15 is 0 Å². The number of alkyl halides is 1. The predicted octanol–water partition coefficient (Wildman–Crippen LogP) is 2.95. The maximum Gasteiger partial charge on any atom is 0.126 e. The van der Waals surface area contributed by atoms with E-state index < -0.39 is 0 Å². The highest BCUT2D eigenvalue weighted by Crippen LogP contribution is 2.21. The summed E-state index contributed by atoms with van der Waals surface area (Å²) in [5.41, 5.74) is 2.20. The maximum atomic E-state index is 8.58. The van der Waals surface area contributed by atoms with Crippen LogP contribution in [0.25, 0.3) is 0 Å². The number of nitrogens with zero attached hydrogens (tertiary/aromatic N) is 1. The number of rotatable bonds is 1. The van der Waals surface area contributed by atoms with Crippen LogP contribution in [0.5, 0.6) is 0 Å². The van der Waals surface area contributed by atoms with Crippen molar-refractivity contribution < 1.29 is 0 Å². The van der Waals surface area contributed by atoms with Crippen molar-refractivity contribution in [3.8, 4) is 6.07 Å². The number of hydrogen-bond donors (Lipinski definition) is 0. The summed E-state index contributed by atoms with van der Waals surface area (Å²) in [4.78, 5) is -0.178. The summed E-state index contributed by atoms with van der Waals surface area (Å²) < 4.78 is 0. The Balaban J connectivity index is 2.98. The second-order valence-corrected chi connectivity index (χ2v) is 3.32. The topological polar surface area (TPSA) is 23.8 Å². The number of hydrogen-bond acceptors (Lipinski definition) is 1. The number of nitriles is 1. The van der Waals surface area contributed by atoms with Crippen LogP contribution in [0.15, 0.2) is 24.3 Å². The van der Waals surface area contributed by atoms with Gasteiger partial charge < -0.3 is 0 Å². The SMILES string of the molecule is Cc1cccc(C(Br)C#N)c1. The molecule has 0 spiro atoms. The van der Waals surface area contributed by atoms with Crippen LogP contribution in [0.2, 0.25) is 0 Å². The third-order valence-corrected chi connectivity index (χ3v) is 2.18. The highest BCUT2D eigenvalue weighted by Gasteiger charge is 2.03. The Morgan fingerprint density at radius 3 is 2.82 bits per heavy atom. The van der Waals surface area contributed by atoms with Gasteiger partial charge in [0.25, 0.3) is 0 Å². The van der Waals surface area contributed by atoms with Crippen LogP contribution < -0.4 is 0 Å². The fourth-order valence-electron chi connectivity index (χ4n) is 0.902. The Kier molecular flexibility index (Phi) is 2.67. The van der Waals surface area contributed by atoms with Crippen LogP contribution >= 0.6 is 15.9 Å². The molecule has 0 aliphatic rings. The zero-order valence-electron chi connectivity index (χ0n) is 6.21. The monoisotopic (exact) mass is 209 g/mol. The van der Waals surface area contributed by atoms with Crippen LogP contribution in [-0.2, 0) is 0 Å². The first-order chi connectivity index (χ1) is 5.24. The third-order valence-electron chi connectivity index (χ3n) is 1.45. The Hall–Kier alpha value is -0.810. The molecule has 1 aromatic rings. The molecule has 56 valence electrons. The average Bonchev–Trinajstić information content (AvgIpc) is 2.03. The molecule has 0 aromatic heterocycles. The number of aryl methyl sites for hydroxylation is 1. The molecule has 2 heteroatoms. The van der Waals surface area contributed by atoms with Crippen molar-refractivity contribution >= 4 is 15.9 Å². The second kappa shape index (κ2) is 3.54. The van der Waals surface area contributed by atoms with Gasteiger partial charge in [-0.05, 0) is 12.5 Å². The summed E-state index contributed by atoms with van der Waals surface area (Å²) >= 11 is 3.26. The van der Waals surface area contributed by atoms with Crippen molar-refractivity contribution in [1.29, 1.82) is 5.26 Å². The van der Waals surface area contributed by atoms with Gasteiger partial charge in [-0.25, -0.2) is 0 Å². The van der Waals surface area contributed by atoms with Gasteiger partial charge in [0.2, 0.25) is 0 Å². The zero-order chi connectivity index (χ0) is 8.27. The van der Waals surface area contributed by atoms with Crippen molar-refractivity contribution in [3.05, 3.63) is 35.4 Å². The van der Waals surface area contributed by atoms with E-state index in [9.17, 15) is 0 Å². The van der Waals surface area contributed by atoms with Crippen molar-refractivity contribution in [3.63, 3.8) is 0 Å². The minimum atomic E-state index is -0.178. The van der Waals surface area contributed by atoms with Crippen molar-refractivity contribution in [1.82, 2.24) is 0 Å². The fourth-order valence-corrected chi connectivity index (χ4v) is 1.19. The zero-order valence-corrected chi connectivity index (χ0v) is 7.80. The molecule has 1 nitrogen and oxygen atoms in total. The highest BCUT2D eigenvalue weighted by molar-refractivity contribution is 9.09. The van der Waals surface area contributed by atoms with Gasteiger partial charge in [0.15, 0.2) is 0 Å². The Labute approximate surface area is 74.8 Å². The fraction of sp³-hybridized carbons (Fsp3) is 0.222. The Bertz CT molecular complexity index is 288. The molecule has 1 aromatic carbocycles. The third kappa shape index (κ3) is 2.06. The summed E-state index contributed by atoms with van der Waals surface area (Å²) in [5, 5.41) is 8.58. The first kappa shape index (κ1) is 8.29. The van der Waals surface area contributed by atoms with Gasteiger partial charge in [-0.3, -0.25) is 0 Å². The molecule has 0 fully saturated rings. The van der Waals surface area contributed by atoms with Crippen LogP contribution in [0.1, 0.15) is 16.0 Å². The van der Waals surface area contributed by atoms with Crippen LogP contribution in [0, 0.1) is 18.3 Å². The normalized spacial score (nSPS) is 12.1.